The molecule has 0 amide bonds. The predicted octanol–water partition coefficient (Wildman–Crippen LogP) is 2.04. The van der Waals surface area contributed by atoms with Crippen LogP contribution in [0.2, 0.25) is 0 Å². The van der Waals surface area contributed by atoms with Crippen LogP contribution in [0.25, 0.3) is 0 Å². The van der Waals surface area contributed by atoms with E-state index in [4.69, 9.17) is 5.73 Å². The van der Waals surface area contributed by atoms with E-state index in [9.17, 15) is 4.39 Å². The van der Waals surface area contributed by atoms with Gasteiger partial charge in [0.1, 0.15) is 5.82 Å². The fraction of sp³-hybridized carbons (Fsp3) is 0.538. The molecule has 16 heavy (non-hydrogen) atoms. The lowest BCUT2D eigenvalue weighted by molar-refractivity contribution is 0.272. The minimum atomic E-state index is -0.204. The molecule has 3 heteroatoms. The van der Waals surface area contributed by atoms with Gasteiger partial charge in [-0.2, -0.15) is 0 Å². The maximum Gasteiger partial charge on any atom is 0.126 e. The second-order valence-electron chi connectivity index (χ2n) is 5.07. The summed E-state index contributed by atoms with van der Waals surface area (Å²) >= 11 is 0. The van der Waals surface area contributed by atoms with Crippen LogP contribution in [0.15, 0.2) is 24.3 Å². The topological polar surface area (TPSA) is 29.3 Å². The molecule has 0 aliphatic rings. The van der Waals surface area contributed by atoms with Crippen molar-refractivity contribution >= 4 is 0 Å². The Morgan fingerprint density at radius 3 is 2.50 bits per heavy atom. The molecule has 0 unspecified atom stereocenters. The molecular weight excluding hydrogens is 203 g/mol. The van der Waals surface area contributed by atoms with Crippen molar-refractivity contribution in [3.05, 3.63) is 35.6 Å². The fourth-order valence-corrected chi connectivity index (χ4v) is 1.79. The normalized spacial score (nSPS) is 12.1. The first-order valence-electron chi connectivity index (χ1n) is 5.59. The first-order chi connectivity index (χ1) is 7.38. The summed E-state index contributed by atoms with van der Waals surface area (Å²) in [6, 6.07) is 6.91. The van der Waals surface area contributed by atoms with Gasteiger partial charge in [0.2, 0.25) is 0 Å². The van der Waals surface area contributed by atoms with E-state index in [2.05, 4.69) is 4.90 Å². The van der Waals surface area contributed by atoms with Crippen molar-refractivity contribution in [2.45, 2.75) is 25.8 Å². The van der Waals surface area contributed by atoms with E-state index in [0.717, 1.165) is 25.1 Å². The standard InChI is InChI=1S/C13H21FN2/c1-13(2,15)10-16(3)9-8-11-6-4-5-7-12(11)14/h4-7H,8-10,15H2,1-3H3. The van der Waals surface area contributed by atoms with Crippen LogP contribution < -0.4 is 5.73 Å². The number of nitrogens with two attached hydrogens (primary N) is 1. The highest BCUT2D eigenvalue weighted by atomic mass is 19.1. The van der Waals surface area contributed by atoms with Crippen LogP contribution in [0.4, 0.5) is 4.39 Å². The van der Waals surface area contributed by atoms with Crippen LogP contribution in [0.3, 0.4) is 0 Å². The van der Waals surface area contributed by atoms with Crippen molar-refractivity contribution in [2.24, 2.45) is 5.73 Å². The molecule has 0 spiro atoms. The molecule has 2 N–H and O–H groups in total. The van der Waals surface area contributed by atoms with E-state index in [0.29, 0.717) is 0 Å². The molecule has 0 aliphatic carbocycles. The number of hydrogen-bond donors (Lipinski definition) is 1. The second kappa shape index (κ2) is 5.41. The molecule has 0 radical (unpaired) electrons. The Hall–Kier alpha value is -0.930. The molecule has 0 saturated heterocycles. The Bertz CT molecular complexity index is 331. The van der Waals surface area contributed by atoms with Gasteiger partial charge in [0.15, 0.2) is 0 Å². The van der Waals surface area contributed by atoms with Crippen molar-refractivity contribution in [1.29, 1.82) is 0 Å². The lowest BCUT2D eigenvalue weighted by Crippen LogP contribution is -2.44. The summed E-state index contributed by atoms with van der Waals surface area (Å²) in [5, 5.41) is 0. The number of benzene rings is 1. The summed E-state index contributed by atoms with van der Waals surface area (Å²) in [6.45, 7) is 5.61. The van der Waals surface area contributed by atoms with E-state index in [1.165, 1.54) is 6.07 Å². The van der Waals surface area contributed by atoms with E-state index in [1.807, 2.05) is 33.0 Å². The van der Waals surface area contributed by atoms with Gasteiger partial charge in [-0.3, -0.25) is 0 Å². The van der Waals surface area contributed by atoms with Gasteiger partial charge in [0, 0.05) is 18.6 Å². The zero-order valence-electron chi connectivity index (χ0n) is 10.3. The number of halogens is 1. The minimum absolute atomic E-state index is 0.122. The lowest BCUT2D eigenvalue weighted by atomic mass is 10.1. The molecule has 0 saturated carbocycles. The molecule has 90 valence electrons. The Balaban J connectivity index is 2.43. The quantitative estimate of drug-likeness (QED) is 0.829. The molecule has 0 aliphatic heterocycles. The van der Waals surface area contributed by atoms with Gasteiger partial charge in [-0.1, -0.05) is 18.2 Å². The van der Waals surface area contributed by atoms with Gasteiger partial charge in [-0.15, -0.1) is 0 Å². The van der Waals surface area contributed by atoms with Crippen LogP contribution in [-0.4, -0.2) is 30.6 Å². The van der Waals surface area contributed by atoms with E-state index in [1.54, 1.807) is 6.07 Å². The second-order valence-corrected chi connectivity index (χ2v) is 5.07. The van der Waals surface area contributed by atoms with Crippen LogP contribution in [0.5, 0.6) is 0 Å². The third-order valence-corrected chi connectivity index (χ3v) is 2.40. The Morgan fingerprint density at radius 1 is 1.31 bits per heavy atom. The van der Waals surface area contributed by atoms with Crippen molar-refractivity contribution < 1.29 is 4.39 Å². The molecule has 0 heterocycles. The maximum absolute atomic E-state index is 13.3. The lowest BCUT2D eigenvalue weighted by Gasteiger charge is -2.26. The minimum Gasteiger partial charge on any atom is -0.324 e. The van der Waals surface area contributed by atoms with Gasteiger partial charge in [-0.25, -0.2) is 4.39 Å². The average Bonchev–Trinajstić information content (AvgIpc) is 2.14. The SMILES string of the molecule is CN(CCc1ccccc1F)CC(C)(C)N. The number of hydrogen-bond acceptors (Lipinski definition) is 2. The first kappa shape index (κ1) is 13.1. The van der Waals surface area contributed by atoms with Crippen LogP contribution >= 0.6 is 0 Å². The van der Waals surface area contributed by atoms with E-state index < -0.39 is 0 Å². The van der Waals surface area contributed by atoms with E-state index in [-0.39, 0.29) is 11.4 Å². The summed E-state index contributed by atoms with van der Waals surface area (Å²) < 4.78 is 13.3. The summed E-state index contributed by atoms with van der Waals surface area (Å²) in [5.74, 6) is -0.122. The largest absolute Gasteiger partial charge is 0.324 e. The highest BCUT2D eigenvalue weighted by Gasteiger charge is 2.13. The van der Waals surface area contributed by atoms with Gasteiger partial charge in [0.25, 0.3) is 0 Å². The molecule has 0 fully saturated rings. The van der Waals surface area contributed by atoms with Crippen molar-refractivity contribution in [3.8, 4) is 0 Å². The zero-order valence-corrected chi connectivity index (χ0v) is 10.3. The molecule has 1 aromatic rings. The molecule has 1 aromatic carbocycles. The highest BCUT2D eigenvalue weighted by molar-refractivity contribution is 5.17. The van der Waals surface area contributed by atoms with Gasteiger partial charge < -0.3 is 10.6 Å². The smallest absolute Gasteiger partial charge is 0.126 e. The van der Waals surface area contributed by atoms with E-state index >= 15 is 0 Å². The molecule has 0 atom stereocenters. The highest BCUT2D eigenvalue weighted by Crippen LogP contribution is 2.08. The van der Waals surface area contributed by atoms with Crippen molar-refractivity contribution in [3.63, 3.8) is 0 Å². The van der Waals surface area contributed by atoms with Crippen LogP contribution in [0, 0.1) is 5.82 Å². The number of rotatable bonds is 5. The first-order valence-corrected chi connectivity index (χ1v) is 5.59. The maximum atomic E-state index is 13.3. The third-order valence-electron chi connectivity index (χ3n) is 2.40. The summed E-state index contributed by atoms with van der Waals surface area (Å²) in [6.07, 6.45) is 0.721. The summed E-state index contributed by atoms with van der Waals surface area (Å²) in [7, 11) is 2.01. The summed E-state index contributed by atoms with van der Waals surface area (Å²) in [4.78, 5) is 2.13. The Labute approximate surface area is 97.3 Å². The van der Waals surface area contributed by atoms with Gasteiger partial charge >= 0.3 is 0 Å². The zero-order chi connectivity index (χ0) is 12.2. The van der Waals surface area contributed by atoms with Crippen molar-refractivity contribution in [2.75, 3.05) is 20.1 Å². The van der Waals surface area contributed by atoms with Crippen molar-refractivity contribution in [1.82, 2.24) is 4.90 Å². The Kier molecular flexibility index (Phi) is 4.44. The van der Waals surface area contributed by atoms with Crippen LogP contribution in [0.1, 0.15) is 19.4 Å². The third kappa shape index (κ3) is 4.73. The molecule has 0 bridgehead atoms. The van der Waals surface area contributed by atoms with Gasteiger partial charge in [-0.05, 0) is 38.9 Å². The van der Waals surface area contributed by atoms with Gasteiger partial charge in [0.05, 0.1) is 0 Å². The summed E-state index contributed by atoms with van der Waals surface area (Å²) in [5.41, 5.74) is 6.48. The average molecular weight is 224 g/mol. The Morgan fingerprint density at radius 2 is 1.94 bits per heavy atom. The number of nitrogens with zero attached hydrogens (tertiary/aromatic N) is 1. The number of likely N-dealkylation sites (N-methyl/N-ethyl adjacent to an activating group) is 1. The fourth-order valence-electron chi connectivity index (χ4n) is 1.79. The van der Waals surface area contributed by atoms with Crippen LogP contribution in [-0.2, 0) is 6.42 Å². The molecule has 0 aromatic heterocycles. The monoisotopic (exact) mass is 224 g/mol. The molecule has 1 rings (SSSR count). The molecule has 2 nitrogen and oxygen atoms in total. The molecular formula is C13H21FN2. The predicted molar refractivity (Wildman–Crippen MR) is 65.9 cm³/mol.